The van der Waals surface area contributed by atoms with Gasteiger partial charge in [-0.25, -0.2) is 9.13 Å². The number of esters is 4. The summed E-state index contributed by atoms with van der Waals surface area (Å²) in [5.41, 5.74) is 0. The molecule has 0 aromatic carbocycles. The molecular weight excluding hydrogens is 1350 g/mol. The number of phosphoric ester groups is 2. The van der Waals surface area contributed by atoms with Gasteiger partial charge in [0, 0.05) is 25.7 Å². The SMILES string of the molecule is CC/C=C\C/C=C\C/C=C\C/C=C\C/C=C\C/C=C\CCC(=O)OC[C@H](COP(=O)(O)OC[C@H](O)COP(=O)(O)OC[C@@H](COC(=O)CCCCCCCCC/C=C\CCCCCC)OC(=O)CCCCCCC/C=C\CCCCCCCC)OC(=O)CCCCCCC/C=C\C/C=C\CCCCC. The van der Waals surface area contributed by atoms with Crippen LogP contribution in [0.5, 0.6) is 0 Å². The van der Waals surface area contributed by atoms with Gasteiger partial charge >= 0.3 is 39.5 Å². The number of aliphatic hydroxyl groups is 1. The van der Waals surface area contributed by atoms with E-state index in [-0.39, 0.29) is 25.7 Å². The Labute approximate surface area is 632 Å². The molecule has 2 unspecified atom stereocenters. The molecule has 598 valence electrons. The quantitative estimate of drug-likeness (QED) is 0.0169. The molecule has 0 saturated carbocycles. The summed E-state index contributed by atoms with van der Waals surface area (Å²) in [6.07, 6.45) is 84.7. The van der Waals surface area contributed by atoms with E-state index in [1.54, 1.807) is 0 Å². The van der Waals surface area contributed by atoms with Gasteiger partial charge < -0.3 is 33.8 Å². The number of carbonyl (C=O) groups is 4. The summed E-state index contributed by atoms with van der Waals surface area (Å²) in [5.74, 6) is -2.29. The lowest BCUT2D eigenvalue weighted by atomic mass is 10.1. The number of rotatable bonds is 76. The van der Waals surface area contributed by atoms with Gasteiger partial charge in [0.05, 0.1) is 26.4 Å². The second-order valence-electron chi connectivity index (χ2n) is 27.0. The van der Waals surface area contributed by atoms with Crippen LogP contribution < -0.4 is 0 Å². The second-order valence-corrected chi connectivity index (χ2v) is 29.9. The van der Waals surface area contributed by atoms with Gasteiger partial charge in [0.25, 0.3) is 0 Å². The molecule has 0 bridgehead atoms. The molecule has 0 aromatic rings. The maximum atomic E-state index is 13.1. The van der Waals surface area contributed by atoms with E-state index in [1.807, 2.05) is 18.2 Å². The third-order valence-electron chi connectivity index (χ3n) is 16.9. The fraction of sp³-hybridized carbons (Fsp3) is 0.718. The van der Waals surface area contributed by atoms with E-state index < -0.39 is 97.5 Å². The van der Waals surface area contributed by atoms with Gasteiger partial charge in [-0.2, -0.15) is 0 Å². The van der Waals surface area contributed by atoms with E-state index in [0.717, 1.165) is 154 Å². The molecule has 19 heteroatoms. The summed E-state index contributed by atoms with van der Waals surface area (Å²) in [6, 6.07) is 0. The highest BCUT2D eigenvalue weighted by Gasteiger charge is 2.30. The third kappa shape index (κ3) is 75.7. The van der Waals surface area contributed by atoms with E-state index in [1.165, 1.54) is 96.3 Å². The van der Waals surface area contributed by atoms with Gasteiger partial charge in [0.1, 0.15) is 19.3 Å². The molecule has 5 atom stereocenters. The summed E-state index contributed by atoms with van der Waals surface area (Å²) < 4.78 is 68.6. The Kier molecular flexibility index (Phi) is 73.3. The molecule has 0 fully saturated rings. The summed E-state index contributed by atoms with van der Waals surface area (Å²) in [6.45, 7) is 4.63. The molecule has 3 N–H and O–H groups in total. The van der Waals surface area contributed by atoms with E-state index in [2.05, 4.69) is 131 Å². The average molecular weight is 1500 g/mol. The first-order valence-electron chi connectivity index (χ1n) is 40.8. The minimum Gasteiger partial charge on any atom is -0.462 e. The summed E-state index contributed by atoms with van der Waals surface area (Å²) in [5, 5.41) is 10.6. The van der Waals surface area contributed by atoms with Crippen LogP contribution in [0.2, 0.25) is 0 Å². The maximum Gasteiger partial charge on any atom is 0.472 e. The highest BCUT2D eigenvalue weighted by atomic mass is 31.2. The maximum absolute atomic E-state index is 13.1. The van der Waals surface area contributed by atoms with Crippen LogP contribution in [-0.4, -0.2) is 96.7 Å². The predicted molar refractivity (Wildman–Crippen MR) is 427 cm³/mol. The Morgan fingerprint density at radius 2 is 0.519 bits per heavy atom. The number of ether oxygens (including phenoxy) is 4. The Morgan fingerprint density at radius 3 is 0.865 bits per heavy atom. The standard InChI is InChI=1S/C85H146O17P2/c1-5-9-13-17-21-25-29-33-37-38-39-40-44-46-50-54-58-62-66-70-83(88)96-76-81(102-85(90)72-68-64-60-56-52-48-43-36-32-28-24-20-16-12-8-4)78-100-104(93,94)98-74-79(86)73-97-103(91,92)99-77-80(101-84(89)71-67-63-59-55-51-47-42-35-31-27-23-19-15-11-7-3)75-95-82(87)69-65-61-57-53-49-45-41-34-30-26-22-18-14-10-6-2/h9,13,21,24-26,28,30,33,35-37,39-40,42-43,46,50,58,62,79-81,86H,5-8,10-12,14-20,22-23,27,29,31-32,34,38,41,44-45,47-49,51-57,59-61,63-78H2,1-4H3,(H,91,92)(H,93,94)/b13-9-,25-21-,28-24-,30-26-,37-33-,40-39-,42-35-,43-36-,50-46-,62-58-/t79-,80-,81-/m1/s1. The highest BCUT2D eigenvalue weighted by Crippen LogP contribution is 2.45. The van der Waals surface area contributed by atoms with Gasteiger partial charge in [-0.05, 0) is 148 Å². The molecule has 17 nitrogen and oxygen atoms in total. The molecule has 0 heterocycles. The Balaban J connectivity index is 5.44. The van der Waals surface area contributed by atoms with Crippen LogP contribution in [0.1, 0.15) is 336 Å². The molecule has 0 amide bonds. The lowest BCUT2D eigenvalue weighted by Crippen LogP contribution is -2.30. The average Bonchev–Trinajstić information content (AvgIpc) is 0.918. The predicted octanol–water partition coefficient (Wildman–Crippen LogP) is 23.9. The van der Waals surface area contributed by atoms with Crippen molar-refractivity contribution in [1.82, 2.24) is 0 Å². The Morgan fingerprint density at radius 1 is 0.279 bits per heavy atom. The van der Waals surface area contributed by atoms with Gasteiger partial charge in [0.15, 0.2) is 12.2 Å². The first kappa shape index (κ1) is 99.5. The number of hydrogen-bond donors (Lipinski definition) is 3. The summed E-state index contributed by atoms with van der Waals surface area (Å²) in [7, 11) is -9.99. The minimum atomic E-state index is -5.00. The number of phosphoric acid groups is 2. The number of allylic oxidation sites excluding steroid dienone is 20. The van der Waals surface area contributed by atoms with Crippen LogP contribution in [0.3, 0.4) is 0 Å². The number of carbonyl (C=O) groups excluding carboxylic acids is 4. The molecule has 0 radical (unpaired) electrons. The van der Waals surface area contributed by atoms with Crippen LogP contribution in [0.4, 0.5) is 0 Å². The van der Waals surface area contributed by atoms with Crippen molar-refractivity contribution in [2.24, 2.45) is 0 Å². The summed E-state index contributed by atoms with van der Waals surface area (Å²) >= 11 is 0. The topological polar surface area (TPSA) is 237 Å². The Bertz CT molecular complexity index is 2440. The first-order chi connectivity index (χ1) is 50.7. The number of hydrogen-bond acceptors (Lipinski definition) is 15. The van der Waals surface area contributed by atoms with Crippen molar-refractivity contribution in [1.29, 1.82) is 0 Å². The van der Waals surface area contributed by atoms with Gasteiger partial charge in [-0.1, -0.05) is 284 Å². The molecule has 0 aliphatic carbocycles. The zero-order valence-corrected chi connectivity index (χ0v) is 67.2. The van der Waals surface area contributed by atoms with Crippen LogP contribution in [0.15, 0.2) is 122 Å². The lowest BCUT2D eigenvalue weighted by molar-refractivity contribution is -0.161. The van der Waals surface area contributed by atoms with Crippen molar-refractivity contribution in [3.05, 3.63) is 122 Å². The van der Waals surface area contributed by atoms with Gasteiger partial charge in [0.2, 0.25) is 0 Å². The van der Waals surface area contributed by atoms with E-state index in [9.17, 15) is 43.2 Å². The highest BCUT2D eigenvalue weighted by molar-refractivity contribution is 7.47. The fourth-order valence-electron chi connectivity index (χ4n) is 10.7. The molecule has 104 heavy (non-hydrogen) atoms. The smallest absolute Gasteiger partial charge is 0.462 e. The van der Waals surface area contributed by atoms with Crippen LogP contribution >= 0.6 is 15.6 Å². The molecule has 0 spiro atoms. The largest absolute Gasteiger partial charge is 0.472 e. The molecule has 0 aromatic heterocycles. The van der Waals surface area contributed by atoms with E-state index >= 15 is 0 Å². The van der Waals surface area contributed by atoms with Crippen molar-refractivity contribution in [2.45, 2.75) is 354 Å². The summed E-state index contributed by atoms with van der Waals surface area (Å²) in [4.78, 5) is 73.0. The Hall–Kier alpha value is -4.54. The fourth-order valence-corrected chi connectivity index (χ4v) is 12.3. The van der Waals surface area contributed by atoms with E-state index in [0.29, 0.717) is 32.1 Å². The van der Waals surface area contributed by atoms with Crippen molar-refractivity contribution in [3.63, 3.8) is 0 Å². The van der Waals surface area contributed by atoms with Crippen LogP contribution in [0, 0.1) is 0 Å². The zero-order chi connectivity index (χ0) is 76.0. The van der Waals surface area contributed by atoms with Crippen molar-refractivity contribution < 1.29 is 80.2 Å². The monoisotopic (exact) mass is 1500 g/mol. The van der Waals surface area contributed by atoms with E-state index in [4.69, 9.17) is 37.0 Å². The van der Waals surface area contributed by atoms with Crippen LogP contribution in [-0.2, 0) is 65.4 Å². The van der Waals surface area contributed by atoms with Crippen molar-refractivity contribution >= 4 is 39.5 Å². The van der Waals surface area contributed by atoms with Crippen molar-refractivity contribution in [3.8, 4) is 0 Å². The molecule has 0 aliphatic rings. The number of aliphatic hydroxyl groups excluding tert-OH is 1. The molecule has 0 rings (SSSR count). The normalized spacial score (nSPS) is 14.5. The van der Waals surface area contributed by atoms with Gasteiger partial charge in [-0.3, -0.25) is 37.3 Å². The zero-order valence-electron chi connectivity index (χ0n) is 65.4. The molecule has 0 saturated heterocycles. The van der Waals surface area contributed by atoms with Gasteiger partial charge in [-0.15, -0.1) is 0 Å². The number of unbranched alkanes of at least 4 members (excludes halogenated alkanes) is 30. The first-order valence-corrected chi connectivity index (χ1v) is 43.8. The molecular formula is C85H146O17P2. The minimum absolute atomic E-state index is 0.0311. The molecule has 0 aliphatic heterocycles. The van der Waals surface area contributed by atoms with Crippen LogP contribution in [0.25, 0.3) is 0 Å². The van der Waals surface area contributed by atoms with Crippen molar-refractivity contribution in [2.75, 3.05) is 39.6 Å². The lowest BCUT2D eigenvalue weighted by Gasteiger charge is -2.21. The second kappa shape index (κ2) is 76.6. The third-order valence-corrected chi connectivity index (χ3v) is 18.8.